The van der Waals surface area contributed by atoms with E-state index in [9.17, 15) is 27.9 Å². The molecule has 0 aliphatic carbocycles. The lowest BCUT2D eigenvalue weighted by atomic mass is 10.1. The van der Waals surface area contributed by atoms with Gasteiger partial charge >= 0.3 is 6.18 Å². The van der Waals surface area contributed by atoms with Gasteiger partial charge in [-0.3, -0.25) is 14.0 Å². The largest absolute Gasteiger partial charge is 0.416 e. The minimum Gasteiger partial charge on any atom is -0.384 e. The number of nitrogen functional groups attached to an aromatic ring is 1. The van der Waals surface area contributed by atoms with Crippen LogP contribution >= 0.6 is 11.6 Å². The Morgan fingerprint density at radius 2 is 1.93 bits per heavy atom. The molecular formula is C27H25ClF3N7O4. The predicted molar refractivity (Wildman–Crippen MR) is 147 cm³/mol. The maximum Gasteiger partial charge on any atom is 0.416 e. The first-order valence-electron chi connectivity index (χ1n) is 12.7. The number of anilines is 2. The summed E-state index contributed by atoms with van der Waals surface area (Å²) in [6, 6.07) is 7.40. The van der Waals surface area contributed by atoms with Gasteiger partial charge in [-0.2, -0.15) is 13.2 Å². The van der Waals surface area contributed by atoms with E-state index in [1.165, 1.54) is 30.2 Å². The molecule has 4 N–H and O–H groups in total. The number of pyridine rings is 1. The summed E-state index contributed by atoms with van der Waals surface area (Å²) < 4.78 is 46.6. The van der Waals surface area contributed by atoms with E-state index in [1.54, 1.807) is 23.5 Å². The van der Waals surface area contributed by atoms with Crippen LogP contribution in [-0.4, -0.2) is 66.5 Å². The van der Waals surface area contributed by atoms with Crippen molar-refractivity contribution >= 4 is 40.6 Å². The van der Waals surface area contributed by atoms with E-state index in [4.69, 9.17) is 27.1 Å². The zero-order chi connectivity index (χ0) is 30.3. The van der Waals surface area contributed by atoms with E-state index in [-0.39, 0.29) is 41.5 Å². The molecule has 1 saturated heterocycles. The van der Waals surface area contributed by atoms with E-state index < -0.39 is 35.8 Å². The highest BCUT2D eigenvalue weighted by Gasteiger charge is 2.35. The van der Waals surface area contributed by atoms with E-state index >= 15 is 0 Å². The van der Waals surface area contributed by atoms with Gasteiger partial charge in [0.25, 0.3) is 11.8 Å². The molecular weight excluding hydrogens is 579 g/mol. The monoisotopic (exact) mass is 603 g/mol. The molecule has 0 unspecified atom stereocenters. The SMILES string of the molecule is C[C@H](O)C(=O)N1C[C@H](c2nc(-c3ccc(C(=O)Nc4cc(C(F)(F)F)ccn4)cc3)c3c(N)ncc(Cl)n23)OC[C@@H]1C. The summed E-state index contributed by atoms with van der Waals surface area (Å²) in [5, 5.41) is 12.4. The maximum atomic E-state index is 13.0. The van der Waals surface area contributed by atoms with Crippen molar-refractivity contribution in [1.82, 2.24) is 24.3 Å². The second kappa shape index (κ2) is 11.2. The first-order chi connectivity index (χ1) is 19.8. The fraction of sp³-hybridized carbons (Fsp3) is 0.296. The van der Waals surface area contributed by atoms with Crippen LogP contribution in [0, 0.1) is 0 Å². The lowest BCUT2D eigenvalue weighted by molar-refractivity contribution is -0.152. The highest BCUT2D eigenvalue weighted by atomic mass is 35.5. The van der Waals surface area contributed by atoms with Gasteiger partial charge in [0.1, 0.15) is 46.0 Å². The number of halogens is 4. The number of hydrogen-bond acceptors (Lipinski definition) is 8. The Morgan fingerprint density at radius 1 is 1.21 bits per heavy atom. The van der Waals surface area contributed by atoms with Gasteiger partial charge in [0, 0.05) is 17.3 Å². The zero-order valence-electron chi connectivity index (χ0n) is 22.3. The van der Waals surface area contributed by atoms with E-state index in [0.29, 0.717) is 22.6 Å². The lowest BCUT2D eigenvalue weighted by Crippen LogP contribution is -2.51. The summed E-state index contributed by atoms with van der Waals surface area (Å²) in [5.74, 6) is -0.889. The number of nitrogens with one attached hydrogen (secondary N) is 1. The number of rotatable bonds is 5. The summed E-state index contributed by atoms with van der Waals surface area (Å²) in [5.41, 5.74) is 6.73. The fourth-order valence-corrected chi connectivity index (χ4v) is 4.87. The summed E-state index contributed by atoms with van der Waals surface area (Å²) in [4.78, 5) is 39.6. The van der Waals surface area contributed by atoms with Crippen LogP contribution in [0.1, 0.15) is 41.7 Å². The number of nitrogens with two attached hydrogens (primary N) is 1. The van der Waals surface area contributed by atoms with Gasteiger partial charge in [-0.1, -0.05) is 23.7 Å². The number of morpholine rings is 1. The normalized spacial score (nSPS) is 18.2. The number of alkyl halides is 3. The maximum absolute atomic E-state index is 13.0. The number of aliphatic hydroxyl groups excluding tert-OH is 1. The van der Waals surface area contributed by atoms with Crippen molar-refractivity contribution in [2.45, 2.75) is 38.3 Å². The smallest absolute Gasteiger partial charge is 0.384 e. The highest BCUT2D eigenvalue weighted by Crippen LogP contribution is 2.35. The second-order valence-electron chi connectivity index (χ2n) is 9.77. The van der Waals surface area contributed by atoms with Gasteiger partial charge in [0.15, 0.2) is 0 Å². The van der Waals surface area contributed by atoms with Gasteiger partial charge in [0.05, 0.1) is 31.0 Å². The topological polar surface area (TPSA) is 148 Å². The van der Waals surface area contributed by atoms with Crippen LogP contribution < -0.4 is 11.1 Å². The number of carbonyl (C=O) groups is 2. The van der Waals surface area contributed by atoms with Crippen molar-refractivity contribution in [3.8, 4) is 11.3 Å². The number of benzene rings is 1. The number of nitrogens with zero attached hydrogens (tertiary/aromatic N) is 5. The number of fused-ring (bicyclic) bond motifs is 1. The molecule has 15 heteroatoms. The van der Waals surface area contributed by atoms with Gasteiger partial charge in [-0.25, -0.2) is 15.0 Å². The van der Waals surface area contributed by atoms with E-state index in [1.807, 2.05) is 0 Å². The van der Waals surface area contributed by atoms with Crippen molar-refractivity contribution in [3.63, 3.8) is 0 Å². The molecule has 42 heavy (non-hydrogen) atoms. The molecule has 1 aliphatic heterocycles. The molecule has 4 heterocycles. The molecule has 11 nitrogen and oxygen atoms in total. The van der Waals surface area contributed by atoms with Crippen LogP contribution in [0.2, 0.25) is 5.15 Å². The third-order valence-corrected chi connectivity index (χ3v) is 7.05. The standard InChI is InChI=1S/C27H25ClF3N7O4/c1-13-12-42-18(11-37(13)26(41)14(2)39)24-36-21(22-23(32)34-10-19(28)38(22)24)15-3-5-16(6-4-15)25(40)35-20-9-17(7-8-33-20)27(29,30)31/h3-10,13-14,18,39H,11-12H2,1-2H3,(H2,32,34)(H,33,35,40)/t13-,14-,18+/m0/s1. The van der Waals surface area contributed by atoms with Crippen LogP contribution in [0.15, 0.2) is 48.8 Å². The van der Waals surface area contributed by atoms with Crippen molar-refractivity contribution in [2.24, 2.45) is 0 Å². The van der Waals surface area contributed by atoms with Gasteiger partial charge in [-0.05, 0) is 38.1 Å². The van der Waals surface area contributed by atoms with Crippen LogP contribution in [0.3, 0.4) is 0 Å². The third kappa shape index (κ3) is 5.60. The zero-order valence-corrected chi connectivity index (χ0v) is 23.0. The fourth-order valence-electron chi connectivity index (χ4n) is 4.65. The van der Waals surface area contributed by atoms with Crippen molar-refractivity contribution in [3.05, 3.63) is 70.9 Å². The summed E-state index contributed by atoms with van der Waals surface area (Å²) in [7, 11) is 0. The van der Waals surface area contributed by atoms with Crippen molar-refractivity contribution in [2.75, 3.05) is 24.2 Å². The van der Waals surface area contributed by atoms with Crippen LogP contribution in [-0.2, 0) is 15.7 Å². The Bertz CT molecular complexity index is 1660. The van der Waals surface area contributed by atoms with Gasteiger partial charge in [-0.15, -0.1) is 0 Å². The lowest BCUT2D eigenvalue weighted by Gasteiger charge is -2.38. The summed E-state index contributed by atoms with van der Waals surface area (Å²) >= 11 is 6.51. The third-order valence-electron chi connectivity index (χ3n) is 6.78. The molecule has 4 aromatic rings. The molecule has 0 bridgehead atoms. The van der Waals surface area contributed by atoms with Gasteiger partial charge < -0.3 is 25.8 Å². The van der Waals surface area contributed by atoms with Crippen LogP contribution in [0.25, 0.3) is 16.8 Å². The molecule has 3 aromatic heterocycles. The molecule has 2 amide bonds. The Hall–Kier alpha value is -4.27. The molecule has 0 saturated carbocycles. The molecule has 3 atom stereocenters. The van der Waals surface area contributed by atoms with E-state index in [0.717, 1.165) is 18.3 Å². The number of aromatic nitrogens is 4. The minimum atomic E-state index is -4.58. The molecule has 1 fully saturated rings. The molecule has 5 rings (SSSR count). The van der Waals surface area contributed by atoms with Crippen LogP contribution in [0.5, 0.6) is 0 Å². The number of aliphatic hydroxyl groups is 1. The average Bonchev–Trinajstić information content (AvgIpc) is 3.37. The molecule has 1 aliphatic rings. The minimum absolute atomic E-state index is 0.102. The Morgan fingerprint density at radius 3 is 2.60 bits per heavy atom. The van der Waals surface area contributed by atoms with E-state index in [2.05, 4.69) is 15.3 Å². The summed E-state index contributed by atoms with van der Waals surface area (Å²) in [6.07, 6.45) is -4.17. The molecule has 0 radical (unpaired) electrons. The van der Waals surface area contributed by atoms with Gasteiger partial charge in [0.2, 0.25) is 0 Å². The van der Waals surface area contributed by atoms with Crippen molar-refractivity contribution in [1.29, 1.82) is 0 Å². The summed E-state index contributed by atoms with van der Waals surface area (Å²) in [6.45, 7) is 3.49. The number of amides is 2. The quantitative estimate of drug-likeness (QED) is 0.310. The van der Waals surface area contributed by atoms with Crippen molar-refractivity contribution < 1.29 is 32.6 Å². The molecule has 1 aromatic carbocycles. The first kappa shape index (κ1) is 29.2. The Balaban J connectivity index is 1.46. The van der Waals surface area contributed by atoms with Crippen LogP contribution in [0.4, 0.5) is 24.8 Å². The number of hydrogen-bond donors (Lipinski definition) is 3. The molecule has 0 spiro atoms. The average molecular weight is 604 g/mol. The number of imidazole rings is 1. The number of carbonyl (C=O) groups excluding carboxylic acids is 2. The highest BCUT2D eigenvalue weighted by molar-refractivity contribution is 6.30. The predicted octanol–water partition coefficient (Wildman–Crippen LogP) is 3.97. The molecule has 220 valence electrons. The first-order valence-corrected chi connectivity index (χ1v) is 13.1. The Labute approximate surface area is 242 Å². The second-order valence-corrected chi connectivity index (χ2v) is 10.2. The number of ether oxygens (including phenoxy) is 1. The Kier molecular flexibility index (Phi) is 7.79.